The third-order valence-electron chi connectivity index (χ3n) is 9.19. The minimum atomic E-state index is -0.0950. The van der Waals surface area contributed by atoms with Gasteiger partial charge in [-0.25, -0.2) is 0 Å². The molecule has 0 bridgehead atoms. The van der Waals surface area contributed by atoms with Gasteiger partial charge in [0, 0.05) is 25.0 Å². The van der Waals surface area contributed by atoms with Crippen molar-refractivity contribution in [1.29, 1.82) is 0 Å². The molecule has 5 rings (SSSR count). The first kappa shape index (κ1) is 22.4. The minimum absolute atomic E-state index is 0.0140. The Balaban J connectivity index is 1.23. The fourth-order valence-corrected chi connectivity index (χ4v) is 7.58. The van der Waals surface area contributed by atoms with Crippen molar-refractivity contribution in [2.45, 2.75) is 89.8 Å². The fourth-order valence-electron chi connectivity index (χ4n) is 7.58. The summed E-state index contributed by atoms with van der Waals surface area (Å²) in [7, 11) is 1.75. The molecule has 4 nitrogen and oxygen atoms in total. The maximum Gasteiger partial charge on any atom is 0.157 e. The van der Waals surface area contributed by atoms with E-state index in [-0.39, 0.29) is 11.7 Å². The van der Waals surface area contributed by atoms with Gasteiger partial charge in [-0.1, -0.05) is 19.4 Å². The molecule has 1 aromatic carbocycles. The molecule has 0 amide bonds. The van der Waals surface area contributed by atoms with Gasteiger partial charge in [0.25, 0.3) is 0 Å². The van der Waals surface area contributed by atoms with E-state index in [4.69, 9.17) is 14.2 Å². The number of ether oxygens (including phenoxy) is 3. The normalized spacial score (nSPS) is 36.3. The van der Waals surface area contributed by atoms with Crippen LogP contribution in [0.2, 0.25) is 0 Å². The quantitative estimate of drug-likeness (QED) is 0.484. The Morgan fingerprint density at radius 3 is 2.88 bits per heavy atom. The second-order valence-electron chi connectivity index (χ2n) is 10.9. The van der Waals surface area contributed by atoms with Gasteiger partial charge in [-0.15, -0.1) is 0 Å². The number of methoxy groups -OCH3 is 1. The number of carbonyl (C=O) groups is 1. The second kappa shape index (κ2) is 9.46. The molecule has 1 aromatic rings. The van der Waals surface area contributed by atoms with Crippen LogP contribution in [0.1, 0.15) is 88.2 Å². The number of carbonyl (C=O) groups excluding carboxylic acids is 1. The highest BCUT2D eigenvalue weighted by Crippen LogP contribution is 2.62. The molecule has 1 heterocycles. The molecule has 0 aromatic heterocycles. The molecule has 1 aliphatic heterocycles. The van der Waals surface area contributed by atoms with Gasteiger partial charge >= 0.3 is 0 Å². The first-order chi connectivity index (χ1) is 15.6. The number of ketones is 1. The van der Waals surface area contributed by atoms with Gasteiger partial charge in [0.1, 0.15) is 11.5 Å². The Hall–Kier alpha value is -1.39. The van der Waals surface area contributed by atoms with Crippen LogP contribution in [0, 0.1) is 23.2 Å². The van der Waals surface area contributed by atoms with E-state index < -0.39 is 0 Å². The molecule has 6 atom stereocenters. The van der Waals surface area contributed by atoms with Crippen LogP contribution in [0.15, 0.2) is 18.2 Å². The topological polar surface area (TPSA) is 44.8 Å². The van der Waals surface area contributed by atoms with Crippen LogP contribution < -0.4 is 4.74 Å². The first-order valence-corrected chi connectivity index (χ1v) is 13.0. The molecule has 4 heteroatoms. The van der Waals surface area contributed by atoms with E-state index in [1.54, 1.807) is 7.11 Å². The predicted octanol–water partition coefficient (Wildman–Crippen LogP) is 6.06. The van der Waals surface area contributed by atoms with E-state index in [1.165, 1.54) is 30.4 Å². The summed E-state index contributed by atoms with van der Waals surface area (Å²) in [5.74, 6) is 3.87. The average Bonchev–Trinajstić information content (AvgIpc) is 3.08. The molecule has 2 saturated carbocycles. The molecule has 3 aliphatic carbocycles. The lowest BCUT2D eigenvalue weighted by molar-refractivity contribution is -0.162. The molecule has 0 N–H and O–H groups in total. The predicted molar refractivity (Wildman–Crippen MR) is 125 cm³/mol. The summed E-state index contributed by atoms with van der Waals surface area (Å²) in [4.78, 5) is 13.2. The number of hydrogen-bond acceptors (Lipinski definition) is 4. The van der Waals surface area contributed by atoms with E-state index >= 15 is 0 Å². The molecule has 32 heavy (non-hydrogen) atoms. The number of unbranched alkanes of at least 4 members (excludes halogenated alkanes) is 1. The summed E-state index contributed by atoms with van der Waals surface area (Å²) in [6, 6.07) is 6.68. The van der Waals surface area contributed by atoms with Crippen molar-refractivity contribution in [3.05, 3.63) is 29.3 Å². The van der Waals surface area contributed by atoms with Gasteiger partial charge in [0.2, 0.25) is 0 Å². The number of fused-ring (bicyclic) bond motifs is 5. The Kier molecular flexibility index (Phi) is 6.63. The van der Waals surface area contributed by atoms with E-state index in [0.29, 0.717) is 29.5 Å². The maximum absolute atomic E-state index is 13.2. The van der Waals surface area contributed by atoms with E-state index in [9.17, 15) is 4.79 Å². The largest absolute Gasteiger partial charge is 0.497 e. The Bertz CT molecular complexity index is 814. The summed E-state index contributed by atoms with van der Waals surface area (Å²) < 4.78 is 17.1. The summed E-state index contributed by atoms with van der Waals surface area (Å²) in [6.07, 6.45) is 12.2. The number of benzene rings is 1. The number of Topliss-reactive ketones (excluding diaryl/α,β-unsaturated/α-hetero) is 1. The number of aryl methyl sites for hydroxylation is 1. The van der Waals surface area contributed by atoms with Crippen LogP contribution in [0.3, 0.4) is 0 Å². The van der Waals surface area contributed by atoms with Gasteiger partial charge in [-0.05, 0) is 105 Å². The smallest absolute Gasteiger partial charge is 0.157 e. The lowest BCUT2D eigenvalue weighted by Crippen LogP contribution is -2.44. The monoisotopic (exact) mass is 440 g/mol. The van der Waals surface area contributed by atoms with Crippen molar-refractivity contribution >= 4 is 5.78 Å². The van der Waals surface area contributed by atoms with Gasteiger partial charge in [-0.2, -0.15) is 0 Å². The third-order valence-corrected chi connectivity index (χ3v) is 9.19. The Morgan fingerprint density at radius 1 is 1.16 bits per heavy atom. The second-order valence-corrected chi connectivity index (χ2v) is 10.9. The Morgan fingerprint density at radius 2 is 2.06 bits per heavy atom. The Labute approximate surface area is 193 Å². The van der Waals surface area contributed by atoms with Crippen molar-refractivity contribution in [2.24, 2.45) is 23.2 Å². The lowest BCUT2D eigenvalue weighted by Gasteiger charge is -2.50. The third kappa shape index (κ3) is 4.14. The van der Waals surface area contributed by atoms with Crippen LogP contribution in [0.25, 0.3) is 0 Å². The van der Waals surface area contributed by atoms with Gasteiger partial charge in [0.15, 0.2) is 6.29 Å². The highest BCUT2D eigenvalue weighted by Gasteiger charge is 2.58. The van der Waals surface area contributed by atoms with Crippen molar-refractivity contribution in [2.75, 3.05) is 20.3 Å². The van der Waals surface area contributed by atoms with E-state index in [2.05, 4.69) is 25.1 Å². The first-order valence-electron chi connectivity index (χ1n) is 13.0. The molecular formula is C28H40O4. The molecule has 1 saturated heterocycles. The van der Waals surface area contributed by atoms with Gasteiger partial charge in [-0.3, -0.25) is 4.79 Å². The van der Waals surface area contributed by atoms with Crippen LogP contribution in [-0.4, -0.2) is 32.4 Å². The van der Waals surface area contributed by atoms with Crippen LogP contribution in [0.4, 0.5) is 0 Å². The van der Waals surface area contributed by atoms with Crippen LogP contribution in [0.5, 0.6) is 5.75 Å². The molecule has 4 aliphatic rings. The van der Waals surface area contributed by atoms with Crippen molar-refractivity contribution in [3.63, 3.8) is 0 Å². The molecule has 176 valence electrons. The summed E-state index contributed by atoms with van der Waals surface area (Å²) >= 11 is 0. The van der Waals surface area contributed by atoms with Gasteiger partial charge < -0.3 is 14.2 Å². The lowest BCUT2D eigenvalue weighted by atomic mass is 9.54. The van der Waals surface area contributed by atoms with Crippen molar-refractivity contribution in [1.82, 2.24) is 0 Å². The highest BCUT2D eigenvalue weighted by atomic mass is 16.7. The summed E-state index contributed by atoms with van der Waals surface area (Å²) in [6.45, 7) is 3.92. The summed E-state index contributed by atoms with van der Waals surface area (Å²) in [5.41, 5.74) is 2.91. The standard InChI is InChI=1S/C28H40O4/c1-28-14-13-23-22-12-10-21(30-2)17-19(22)9-11-24(23)27(28)20(18-25(28)29)7-3-5-15-31-26-8-4-6-16-32-26/h10,12,17,20,23-24,26-27H,3-9,11,13-16,18H2,1-2H3/t20-,23-,24-,26?,27+,28-/m1/s1. The van der Waals surface area contributed by atoms with E-state index in [1.807, 2.05) is 0 Å². The highest BCUT2D eigenvalue weighted by molar-refractivity contribution is 5.87. The molecule has 0 spiro atoms. The molecule has 3 fully saturated rings. The zero-order valence-electron chi connectivity index (χ0n) is 19.9. The average molecular weight is 441 g/mol. The van der Waals surface area contributed by atoms with Crippen LogP contribution in [-0.2, 0) is 20.7 Å². The molecule has 0 radical (unpaired) electrons. The zero-order chi connectivity index (χ0) is 22.1. The van der Waals surface area contributed by atoms with E-state index in [0.717, 1.165) is 70.3 Å². The molecule has 1 unspecified atom stereocenters. The minimum Gasteiger partial charge on any atom is -0.497 e. The zero-order valence-corrected chi connectivity index (χ0v) is 19.9. The summed E-state index contributed by atoms with van der Waals surface area (Å²) in [5, 5.41) is 0. The molecular weight excluding hydrogens is 400 g/mol. The van der Waals surface area contributed by atoms with Gasteiger partial charge in [0.05, 0.1) is 7.11 Å². The maximum atomic E-state index is 13.2. The van der Waals surface area contributed by atoms with Crippen molar-refractivity contribution in [3.8, 4) is 5.75 Å². The number of hydrogen-bond donors (Lipinski definition) is 0. The number of rotatable bonds is 7. The van der Waals surface area contributed by atoms with Crippen molar-refractivity contribution < 1.29 is 19.0 Å². The van der Waals surface area contributed by atoms with Crippen LogP contribution >= 0.6 is 0 Å². The SMILES string of the molecule is COc1ccc2c(c1)CC[C@H]1[C@@H]3[C@H](CCCCOC4CCCCO4)CC(=O)[C@@]3(C)CC[C@H]21. The fraction of sp³-hybridized carbons (Fsp3) is 0.750.